The first kappa shape index (κ1) is 24.3. The predicted octanol–water partition coefficient (Wildman–Crippen LogP) is 2.50. The Morgan fingerprint density at radius 1 is 0.556 bits per heavy atom. The number of benzene rings is 2. The second-order valence-electron chi connectivity index (χ2n) is 10.2. The summed E-state index contributed by atoms with van der Waals surface area (Å²) in [4.78, 5) is 58.7. The van der Waals surface area contributed by atoms with Gasteiger partial charge in [-0.25, -0.2) is 9.80 Å². The highest BCUT2D eigenvalue weighted by Gasteiger charge is 2.46. The van der Waals surface area contributed by atoms with E-state index in [4.69, 9.17) is 0 Å². The molecule has 0 bridgehead atoms. The molecule has 0 aliphatic carbocycles. The molecular formula is C28H32N4O4. The summed E-state index contributed by atoms with van der Waals surface area (Å²) in [6.45, 7) is 10.2. The van der Waals surface area contributed by atoms with Crippen LogP contribution >= 0.6 is 0 Å². The first-order valence-electron chi connectivity index (χ1n) is 12.5. The van der Waals surface area contributed by atoms with Gasteiger partial charge in [-0.05, 0) is 74.2 Å². The number of nitrogens with zero attached hydrogens (tertiary/aromatic N) is 4. The molecular weight excluding hydrogens is 456 g/mol. The largest absolute Gasteiger partial charge is 0.289 e. The number of carbonyl (C=O) groups is 4. The maximum atomic E-state index is 13.2. The average molecular weight is 489 g/mol. The van der Waals surface area contributed by atoms with Crippen LogP contribution in [0.4, 0.5) is 11.4 Å². The molecule has 3 fully saturated rings. The van der Waals surface area contributed by atoms with Gasteiger partial charge < -0.3 is 0 Å². The van der Waals surface area contributed by atoms with Crippen molar-refractivity contribution < 1.29 is 19.2 Å². The highest BCUT2D eigenvalue weighted by Crippen LogP contribution is 2.30. The molecule has 3 aliphatic rings. The van der Waals surface area contributed by atoms with Crippen molar-refractivity contribution in [3.05, 3.63) is 58.7 Å². The van der Waals surface area contributed by atoms with E-state index in [-0.39, 0.29) is 36.5 Å². The van der Waals surface area contributed by atoms with Gasteiger partial charge in [0.05, 0.1) is 36.3 Å². The van der Waals surface area contributed by atoms with Gasteiger partial charge in [-0.15, -0.1) is 0 Å². The van der Waals surface area contributed by atoms with Crippen LogP contribution in [0.15, 0.2) is 36.4 Å². The zero-order chi connectivity index (χ0) is 25.7. The summed E-state index contributed by atoms with van der Waals surface area (Å²) >= 11 is 0. The molecule has 2 aromatic carbocycles. The Hall–Kier alpha value is -3.36. The van der Waals surface area contributed by atoms with Crippen LogP contribution in [0, 0.1) is 27.7 Å². The van der Waals surface area contributed by atoms with Crippen LogP contribution in [0.1, 0.15) is 35.1 Å². The van der Waals surface area contributed by atoms with Crippen molar-refractivity contribution in [1.29, 1.82) is 0 Å². The normalized spacial score (nSPS) is 23.9. The van der Waals surface area contributed by atoms with Crippen molar-refractivity contribution in [2.24, 2.45) is 0 Å². The van der Waals surface area contributed by atoms with Crippen molar-refractivity contribution in [1.82, 2.24) is 9.80 Å². The summed E-state index contributed by atoms with van der Waals surface area (Å²) in [6.07, 6.45) is 0.320. The SMILES string of the molecule is Cc1ccc(N2C(=O)C[C@H](N3CCN([C@H]4CC(=O)N(c5ccc(C)c(C)c5)C4=O)CC3)C2=O)cc1C. The van der Waals surface area contributed by atoms with E-state index < -0.39 is 12.1 Å². The van der Waals surface area contributed by atoms with Crippen LogP contribution in [0.3, 0.4) is 0 Å². The van der Waals surface area contributed by atoms with E-state index in [0.717, 1.165) is 22.3 Å². The molecule has 3 saturated heterocycles. The molecule has 0 spiro atoms. The molecule has 0 N–H and O–H groups in total. The molecule has 188 valence electrons. The van der Waals surface area contributed by atoms with Crippen LogP contribution in [-0.2, 0) is 19.2 Å². The van der Waals surface area contributed by atoms with E-state index in [9.17, 15) is 19.2 Å². The van der Waals surface area contributed by atoms with E-state index in [2.05, 4.69) is 0 Å². The van der Waals surface area contributed by atoms with Crippen LogP contribution in [0.25, 0.3) is 0 Å². The second-order valence-corrected chi connectivity index (χ2v) is 10.2. The Labute approximate surface area is 211 Å². The van der Waals surface area contributed by atoms with Gasteiger partial charge in [0, 0.05) is 26.2 Å². The molecule has 8 nitrogen and oxygen atoms in total. The lowest BCUT2D eigenvalue weighted by Crippen LogP contribution is -2.56. The lowest BCUT2D eigenvalue weighted by Gasteiger charge is -2.38. The molecule has 36 heavy (non-hydrogen) atoms. The van der Waals surface area contributed by atoms with Gasteiger partial charge >= 0.3 is 0 Å². The molecule has 0 radical (unpaired) electrons. The minimum absolute atomic E-state index is 0.160. The number of piperazine rings is 1. The molecule has 0 aromatic heterocycles. The first-order valence-corrected chi connectivity index (χ1v) is 12.5. The van der Waals surface area contributed by atoms with Gasteiger partial charge in [-0.3, -0.25) is 29.0 Å². The Morgan fingerprint density at radius 2 is 0.917 bits per heavy atom. The Morgan fingerprint density at radius 3 is 1.25 bits per heavy atom. The van der Waals surface area contributed by atoms with Gasteiger partial charge in [0.15, 0.2) is 0 Å². The van der Waals surface area contributed by atoms with E-state index in [1.54, 1.807) is 0 Å². The van der Waals surface area contributed by atoms with Crippen LogP contribution in [-0.4, -0.2) is 71.7 Å². The van der Waals surface area contributed by atoms with Crippen molar-refractivity contribution in [3.8, 4) is 0 Å². The molecule has 3 heterocycles. The van der Waals surface area contributed by atoms with Crippen LogP contribution < -0.4 is 9.80 Å². The minimum Gasteiger partial charge on any atom is -0.289 e. The lowest BCUT2D eigenvalue weighted by atomic mass is 10.1. The first-order chi connectivity index (χ1) is 17.2. The molecule has 0 saturated carbocycles. The Bertz CT molecular complexity index is 1170. The average Bonchev–Trinajstić information content (AvgIpc) is 3.32. The van der Waals surface area contributed by atoms with Gasteiger partial charge in [0.1, 0.15) is 0 Å². The maximum Gasteiger partial charge on any atom is 0.251 e. The highest BCUT2D eigenvalue weighted by molar-refractivity contribution is 6.23. The highest BCUT2D eigenvalue weighted by atomic mass is 16.2. The molecule has 4 amide bonds. The summed E-state index contributed by atoms with van der Waals surface area (Å²) in [5.41, 5.74) is 5.54. The third-order valence-electron chi connectivity index (χ3n) is 7.97. The zero-order valence-electron chi connectivity index (χ0n) is 21.3. The number of hydrogen-bond acceptors (Lipinski definition) is 6. The topological polar surface area (TPSA) is 81.2 Å². The summed E-state index contributed by atoms with van der Waals surface area (Å²) in [6, 6.07) is 10.3. The van der Waals surface area contributed by atoms with E-state index >= 15 is 0 Å². The van der Waals surface area contributed by atoms with Gasteiger partial charge in [0.25, 0.3) is 11.8 Å². The summed E-state index contributed by atoms with van der Waals surface area (Å²) in [5.74, 6) is -0.748. The Balaban J connectivity index is 1.24. The van der Waals surface area contributed by atoms with Crippen molar-refractivity contribution >= 4 is 35.0 Å². The third kappa shape index (κ3) is 4.14. The number of imide groups is 2. The van der Waals surface area contributed by atoms with Crippen molar-refractivity contribution in [2.45, 2.75) is 52.6 Å². The number of hydrogen-bond donors (Lipinski definition) is 0. The second kappa shape index (κ2) is 9.26. The van der Waals surface area contributed by atoms with Gasteiger partial charge in [-0.1, -0.05) is 12.1 Å². The molecule has 8 heteroatoms. The zero-order valence-corrected chi connectivity index (χ0v) is 21.3. The molecule has 0 unspecified atom stereocenters. The monoisotopic (exact) mass is 488 g/mol. The smallest absolute Gasteiger partial charge is 0.251 e. The summed E-state index contributed by atoms with van der Waals surface area (Å²) in [5, 5.41) is 0. The third-order valence-corrected chi connectivity index (χ3v) is 7.97. The summed E-state index contributed by atoms with van der Waals surface area (Å²) < 4.78 is 0. The fourth-order valence-electron chi connectivity index (χ4n) is 5.43. The minimum atomic E-state index is -0.491. The maximum absolute atomic E-state index is 13.2. The predicted molar refractivity (Wildman–Crippen MR) is 137 cm³/mol. The number of anilines is 2. The molecule has 2 atom stereocenters. The fraction of sp³-hybridized carbons (Fsp3) is 0.429. The van der Waals surface area contributed by atoms with E-state index in [1.807, 2.05) is 73.9 Å². The Kier molecular flexibility index (Phi) is 6.26. The number of rotatable bonds is 4. The fourth-order valence-corrected chi connectivity index (χ4v) is 5.43. The van der Waals surface area contributed by atoms with Crippen LogP contribution in [0.5, 0.6) is 0 Å². The van der Waals surface area contributed by atoms with Crippen molar-refractivity contribution in [2.75, 3.05) is 36.0 Å². The number of aryl methyl sites for hydroxylation is 4. The number of carbonyl (C=O) groups excluding carboxylic acids is 4. The van der Waals surface area contributed by atoms with Gasteiger partial charge in [0.2, 0.25) is 11.8 Å². The quantitative estimate of drug-likeness (QED) is 0.616. The van der Waals surface area contributed by atoms with Crippen molar-refractivity contribution in [3.63, 3.8) is 0 Å². The summed E-state index contributed by atoms with van der Waals surface area (Å²) in [7, 11) is 0. The van der Waals surface area contributed by atoms with E-state index in [1.165, 1.54) is 9.80 Å². The number of amides is 4. The molecule has 2 aromatic rings. The van der Waals surface area contributed by atoms with E-state index in [0.29, 0.717) is 37.6 Å². The van der Waals surface area contributed by atoms with Gasteiger partial charge in [-0.2, -0.15) is 0 Å². The standard InChI is InChI=1S/C28H32N4O4/c1-17-5-7-21(13-19(17)3)31-25(33)15-23(27(31)35)29-9-11-30(12-10-29)24-16-26(34)32(28(24)36)22-8-6-18(2)20(4)14-22/h5-8,13-14,23-24H,9-12,15-16H2,1-4H3/t23-,24-/m0/s1. The van der Waals surface area contributed by atoms with Crippen LogP contribution in [0.2, 0.25) is 0 Å². The molecule has 5 rings (SSSR count). The molecule has 3 aliphatic heterocycles. The lowest BCUT2D eigenvalue weighted by molar-refractivity contribution is -0.126.